The summed E-state index contributed by atoms with van der Waals surface area (Å²) < 4.78 is 0. The topological polar surface area (TPSA) is 28.2 Å². The maximum absolute atomic E-state index is 4.68. The highest BCUT2D eigenvalue weighted by atomic mass is 32.2. The van der Waals surface area contributed by atoms with Crippen LogP contribution in [0, 0.1) is 6.92 Å². The molecule has 3 heterocycles. The molecular formula is C18H29N3S2. The summed E-state index contributed by atoms with van der Waals surface area (Å²) in [5, 5.41) is 3.96. The van der Waals surface area contributed by atoms with Gasteiger partial charge in [-0.3, -0.25) is 9.88 Å². The van der Waals surface area contributed by atoms with Crippen LogP contribution in [-0.2, 0) is 6.54 Å². The second-order valence-corrected chi connectivity index (χ2v) is 9.01. The minimum absolute atomic E-state index is 0.645. The number of nitrogens with zero attached hydrogens (tertiary/aromatic N) is 2. The molecule has 2 saturated heterocycles. The van der Waals surface area contributed by atoms with Crippen LogP contribution in [-0.4, -0.2) is 58.1 Å². The Morgan fingerprint density at radius 2 is 2.00 bits per heavy atom. The highest BCUT2D eigenvalue weighted by Crippen LogP contribution is 2.19. The summed E-state index contributed by atoms with van der Waals surface area (Å²) >= 11 is 4.23. The molecule has 0 saturated carbocycles. The molecule has 1 N–H and O–H groups in total. The Balaban J connectivity index is 1.54. The van der Waals surface area contributed by atoms with Gasteiger partial charge >= 0.3 is 0 Å². The third kappa shape index (κ3) is 5.96. The van der Waals surface area contributed by atoms with Gasteiger partial charge in [0.15, 0.2) is 0 Å². The van der Waals surface area contributed by atoms with Gasteiger partial charge in [0.1, 0.15) is 0 Å². The molecule has 1 atom stereocenters. The van der Waals surface area contributed by atoms with E-state index >= 15 is 0 Å². The van der Waals surface area contributed by atoms with Gasteiger partial charge in [0, 0.05) is 53.9 Å². The molecule has 5 heteroatoms. The molecule has 0 amide bonds. The van der Waals surface area contributed by atoms with Crippen molar-refractivity contribution in [1.82, 2.24) is 15.2 Å². The van der Waals surface area contributed by atoms with E-state index in [1.807, 2.05) is 0 Å². The molecule has 0 aliphatic carbocycles. The third-order valence-electron chi connectivity index (χ3n) is 4.57. The van der Waals surface area contributed by atoms with Crippen LogP contribution in [0.15, 0.2) is 18.2 Å². The van der Waals surface area contributed by atoms with Crippen molar-refractivity contribution in [2.24, 2.45) is 0 Å². The van der Waals surface area contributed by atoms with Crippen molar-refractivity contribution < 1.29 is 0 Å². The number of hydrogen-bond acceptors (Lipinski definition) is 5. The Labute approximate surface area is 149 Å². The summed E-state index contributed by atoms with van der Waals surface area (Å²) in [6.45, 7) is 5.45. The lowest BCUT2D eigenvalue weighted by molar-refractivity contribution is 0.244. The summed E-state index contributed by atoms with van der Waals surface area (Å²) in [5.74, 6) is 5.20. The molecule has 2 fully saturated rings. The first kappa shape index (κ1) is 17.6. The van der Waals surface area contributed by atoms with E-state index in [1.54, 1.807) is 0 Å². The SMILES string of the molecule is Cc1cccc(CN2CCCC[C@H](NC3CSCCSC3)C2)n1. The first-order valence-corrected chi connectivity index (χ1v) is 11.2. The van der Waals surface area contributed by atoms with Crippen molar-refractivity contribution in [2.75, 3.05) is 36.1 Å². The minimum Gasteiger partial charge on any atom is -0.308 e. The van der Waals surface area contributed by atoms with Crippen molar-refractivity contribution >= 4 is 23.5 Å². The lowest BCUT2D eigenvalue weighted by atomic mass is 10.1. The van der Waals surface area contributed by atoms with Crippen LogP contribution in [0.3, 0.4) is 0 Å². The van der Waals surface area contributed by atoms with Gasteiger partial charge in [0.25, 0.3) is 0 Å². The first-order chi connectivity index (χ1) is 11.3. The Kier molecular flexibility index (Phi) is 7.12. The number of aryl methyl sites for hydroxylation is 1. The van der Waals surface area contributed by atoms with Crippen LogP contribution in [0.25, 0.3) is 0 Å². The van der Waals surface area contributed by atoms with Gasteiger partial charge < -0.3 is 5.32 Å². The molecule has 0 aromatic carbocycles. The van der Waals surface area contributed by atoms with Crippen molar-refractivity contribution in [3.05, 3.63) is 29.6 Å². The summed E-state index contributed by atoms with van der Waals surface area (Å²) in [5.41, 5.74) is 2.34. The highest BCUT2D eigenvalue weighted by Gasteiger charge is 2.22. The zero-order valence-corrected chi connectivity index (χ0v) is 15.8. The summed E-state index contributed by atoms with van der Waals surface area (Å²) in [6, 6.07) is 7.71. The van der Waals surface area contributed by atoms with E-state index in [1.165, 1.54) is 61.1 Å². The Morgan fingerprint density at radius 1 is 1.17 bits per heavy atom. The van der Waals surface area contributed by atoms with Crippen LogP contribution in [0.2, 0.25) is 0 Å². The van der Waals surface area contributed by atoms with Crippen molar-refractivity contribution in [2.45, 2.75) is 44.8 Å². The van der Waals surface area contributed by atoms with Crippen LogP contribution in [0.5, 0.6) is 0 Å². The van der Waals surface area contributed by atoms with E-state index in [0.29, 0.717) is 12.1 Å². The van der Waals surface area contributed by atoms with E-state index in [2.05, 4.69) is 63.8 Å². The minimum atomic E-state index is 0.645. The summed E-state index contributed by atoms with van der Waals surface area (Å²) in [4.78, 5) is 7.28. The Morgan fingerprint density at radius 3 is 2.78 bits per heavy atom. The molecule has 0 unspecified atom stereocenters. The normalized spacial score (nSPS) is 25.0. The van der Waals surface area contributed by atoms with Gasteiger partial charge in [-0.2, -0.15) is 23.5 Å². The van der Waals surface area contributed by atoms with E-state index in [0.717, 1.165) is 12.2 Å². The summed E-state index contributed by atoms with van der Waals surface area (Å²) in [7, 11) is 0. The smallest absolute Gasteiger partial charge is 0.0547 e. The van der Waals surface area contributed by atoms with E-state index in [9.17, 15) is 0 Å². The quantitative estimate of drug-likeness (QED) is 0.899. The molecule has 23 heavy (non-hydrogen) atoms. The maximum Gasteiger partial charge on any atom is 0.0547 e. The zero-order chi connectivity index (χ0) is 15.9. The third-order valence-corrected chi connectivity index (χ3v) is 7.09. The Bertz CT molecular complexity index is 475. The highest BCUT2D eigenvalue weighted by molar-refractivity contribution is 8.03. The molecule has 2 aliphatic rings. The van der Waals surface area contributed by atoms with Crippen molar-refractivity contribution in [3.63, 3.8) is 0 Å². The second kappa shape index (κ2) is 9.30. The second-order valence-electron chi connectivity index (χ2n) is 6.71. The molecule has 2 aliphatic heterocycles. The van der Waals surface area contributed by atoms with Gasteiger partial charge in [-0.1, -0.05) is 12.5 Å². The summed E-state index contributed by atoms with van der Waals surface area (Å²) in [6.07, 6.45) is 3.99. The lowest BCUT2D eigenvalue weighted by Gasteiger charge is -2.28. The van der Waals surface area contributed by atoms with Crippen LogP contribution in [0.4, 0.5) is 0 Å². The average Bonchev–Trinajstić information content (AvgIpc) is 2.91. The van der Waals surface area contributed by atoms with Crippen molar-refractivity contribution in [1.29, 1.82) is 0 Å². The van der Waals surface area contributed by atoms with Crippen LogP contribution in [0.1, 0.15) is 30.7 Å². The standard InChI is InChI=1S/C18H29N3S2/c1-15-5-4-7-16(19-15)11-21-8-3-2-6-17(12-21)20-18-13-22-9-10-23-14-18/h4-5,7,17-18,20H,2-3,6,8-14H2,1H3/t17-/m0/s1. The predicted molar refractivity (Wildman–Crippen MR) is 103 cm³/mol. The molecule has 0 radical (unpaired) electrons. The zero-order valence-electron chi connectivity index (χ0n) is 14.2. The van der Waals surface area contributed by atoms with Gasteiger partial charge in [-0.05, 0) is 38.4 Å². The molecular weight excluding hydrogens is 322 g/mol. The molecule has 1 aromatic heterocycles. The number of hydrogen-bond donors (Lipinski definition) is 1. The van der Waals surface area contributed by atoms with Crippen LogP contribution < -0.4 is 5.32 Å². The molecule has 0 spiro atoms. The fourth-order valence-corrected chi connectivity index (χ4v) is 5.89. The van der Waals surface area contributed by atoms with Gasteiger partial charge in [0.05, 0.1) is 5.69 Å². The molecule has 0 bridgehead atoms. The number of likely N-dealkylation sites (tertiary alicyclic amines) is 1. The Hall–Kier alpha value is -0.230. The largest absolute Gasteiger partial charge is 0.308 e. The molecule has 3 rings (SSSR count). The maximum atomic E-state index is 4.68. The van der Waals surface area contributed by atoms with Gasteiger partial charge in [-0.15, -0.1) is 0 Å². The average molecular weight is 352 g/mol. The fourth-order valence-electron chi connectivity index (χ4n) is 3.46. The van der Waals surface area contributed by atoms with E-state index in [4.69, 9.17) is 0 Å². The number of nitrogens with one attached hydrogen (secondary N) is 1. The van der Waals surface area contributed by atoms with Crippen LogP contribution >= 0.6 is 23.5 Å². The van der Waals surface area contributed by atoms with Gasteiger partial charge in [0.2, 0.25) is 0 Å². The van der Waals surface area contributed by atoms with Crippen molar-refractivity contribution in [3.8, 4) is 0 Å². The molecule has 128 valence electrons. The predicted octanol–water partition coefficient (Wildman–Crippen LogP) is 3.18. The molecule has 3 nitrogen and oxygen atoms in total. The first-order valence-electron chi connectivity index (χ1n) is 8.86. The fraction of sp³-hybridized carbons (Fsp3) is 0.722. The molecule has 1 aromatic rings. The number of aromatic nitrogens is 1. The van der Waals surface area contributed by atoms with E-state index in [-0.39, 0.29) is 0 Å². The number of rotatable bonds is 4. The number of pyridine rings is 1. The van der Waals surface area contributed by atoms with E-state index < -0.39 is 0 Å². The monoisotopic (exact) mass is 351 g/mol. The lowest BCUT2D eigenvalue weighted by Crippen LogP contribution is -2.46. The number of thioether (sulfide) groups is 2. The van der Waals surface area contributed by atoms with Gasteiger partial charge in [-0.25, -0.2) is 0 Å².